The Morgan fingerprint density at radius 1 is 1.19 bits per heavy atom. The standard InChI is InChI=1S/C19H22O8/c1-4-26-17(22)9-13(11-5-6-15(24-2)16(7-11)25-3)19-18(23)14(21)8-12(10-20)27-19/h5-8,13,20,23H,4,9-10H2,1-3H3/t13-/m0/s1. The predicted octanol–water partition coefficient (Wildman–Crippen LogP) is 1.94. The molecule has 146 valence electrons. The molecule has 1 aromatic heterocycles. The van der Waals surface area contributed by atoms with E-state index in [1.54, 1.807) is 25.1 Å². The number of carbonyl (C=O) groups is 1. The van der Waals surface area contributed by atoms with Crippen LogP contribution in [0.1, 0.15) is 36.3 Å². The van der Waals surface area contributed by atoms with Crippen molar-refractivity contribution in [1.82, 2.24) is 0 Å². The second kappa shape index (κ2) is 9.09. The van der Waals surface area contributed by atoms with E-state index in [1.165, 1.54) is 14.2 Å². The maximum atomic E-state index is 12.1. The summed E-state index contributed by atoms with van der Waals surface area (Å²) in [5.41, 5.74) is -0.177. The van der Waals surface area contributed by atoms with Crippen molar-refractivity contribution < 1.29 is 33.6 Å². The van der Waals surface area contributed by atoms with Gasteiger partial charge in [-0.3, -0.25) is 9.59 Å². The van der Waals surface area contributed by atoms with Crippen LogP contribution in [0.15, 0.2) is 33.5 Å². The second-order valence-electron chi connectivity index (χ2n) is 5.62. The minimum absolute atomic E-state index is 0.0258. The molecule has 0 spiro atoms. The molecule has 2 rings (SSSR count). The lowest BCUT2D eigenvalue weighted by Gasteiger charge is -2.19. The maximum absolute atomic E-state index is 12.1. The quantitative estimate of drug-likeness (QED) is 0.670. The molecule has 1 aromatic carbocycles. The maximum Gasteiger partial charge on any atom is 0.306 e. The number of aromatic hydroxyl groups is 1. The lowest BCUT2D eigenvalue weighted by atomic mass is 9.92. The first-order chi connectivity index (χ1) is 12.9. The van der Waals surface area contributed by atoms with E-state index in [0.29, 0.717) is 17.1 Å². The second-order valence-corrected chi connectivity index (χ2v) is 5.62. The van der Waals surface area contributed by atoms with E-state index in [9.17, 15) is 19.8 Å². The molecule has 0 amide bonds. The van der Waals surface area contributed by atoms with Gasteiger partial charge in [-0.05, 0) is 24.6 Å². The van der Waals surface area contributed by atoms with Crippen LogP contribution in [0.25, 0.3) is 0 Å². The molecule has 2 aromatic rings. The molecule has 0 saturated carbocycles. The molecule has 1 heterocycles. The lowest BCUT2D eigenvalue weighted by molar-refractivity contribution is -0.143. The van der Waals surface area contributed by atoms with Crippen LogP contribution in [0.3, 0.4) is 0 Å². The van der Waals surface area contributed by atoms with Crippen LogP contribution in [0.2, 0.25) is 0 Å². The summed E-state index contributed by atoms with van der Waals surface area (Å²) in [6.07, 6.45) is -0.186. The van der Waals surface area contributed by atoms with Crippen molar-refractivity contribution in [2.24, 2.45) is 0 Å². The highest BCUT2D eigenvalue weighted by atomic mass is 16.5. The molecule has 0 unspecified atom stereocenters. The van der Waals surface area contributed by atoms with Gasteiger partial charge in [0.1, 0.15) is 12.4 Å². The Labute approximate surface area is 155 Å². The number of aliphatic hydroxyl groups is 1. The highest BCUT2D eigenvalue weighted by Gasteiger charge is 2.27. The number of hydrogen-bond donors (Lipinski definition) is 2. The summed E-state index contributed by atoms with van der Waals surface area (Å²) in [4.78, 5) is 24.1. The van der Waals surface area contributed by atoms with Crippen LogP contribution in [-0.2, 0) is 16.1 Å². The smallest absolute Gasteiger partial charge is 0.306 e. The number of aliphatic hydroxyl groups excluding tert-OH is 1. The van der Waals surface area contributed by atoms with Crippen molar-refractivity contribution in [1.29, 1.82) is 0 Å². The first-order valence-corrected chi connectivity index (χ1v) is 8.29. The van der Waals surface area contributed by atoms with Crippen molar-refractivity contribution in [2.75, 3.05) is 20.8 Å². The van der Waals surface area contributed by atoms with Crippen LogP contribution in [0, 0.1) is 0 Å². The van der Waals surface area contributed by atoms with Crippen LogP contribution in [-0.4, -0.2) is 37.0 Å². The molecule has 0 aliphatic rings. The monoisotopic (exact) mass is 378 g/mol. The van der Waals surface area contributed by atoms with E-state index in [0.717, 1.165) is 6.07 Å². The van der Waals surface area contributed by atoms with Crippen molar-refractivity contribution in [3.8, 4) is 17.2 Å². The van der Waals surface area contributed by atoms with Gasteiger partial charge in [0.25, 0.3) is 0 Å². The summed E-state index contributed by atoms with van der Waals surface area (Å²) < 4.78 is 21.0. The highest BCUT2D eigenvalue weighted by Crippen LogP contribution is 2.37. The molecule has 27 heavy (non-hydrogen) atoms. The highest BCUT2D eigenvalue weighted by molar-refractivity contribution is 5.71. The number of methoxy groups -OCH3 is 2. The summed E-state index contributed by atoms with van der Waals surface area (Å²) in [6, 6.07) is 5.91. The Morgan fingerprint density at radius 2 is 1.89 bits per heavy atom. The fraction of sp³-hybridized carbons (Fsp3) is 0.368. The zero-order chi connectivity index (χ0) is 20.0. The van der Waals surface area contributed by atoms with Gasteiger partial charge in [-0.2, -0.15) is 0 Å². The van der Waals surface area contributed by atoms with Gasteiger partial charge >= 0.3 is 5.97 Å². The number of hydrogen-bond acceptors (Lipinski definition) is 8. The van der Waals surface area contributed by atoms with Gasteiger partial charge in [0.2, 0.25) is 11.2 Å². The first kappa shape index (κ1) is 20.3. The first-order valence-electron chi connectivity index (χ1n) is 8.29. The zero-order valence-corrected chi connectivity index (χ0v) is 15.4. The van der Waals surface area contributed by atoms with Gasteiger partial charge in [0, 0.05) is 6.07 Å². The largest absolute Gasteiger partial charge is 0.502 e. The fourth-order valence-electron chi connectivity index (χ4n) is 2.69. The zero-order valence-electron chi connectivity index (χ0n) is 15.4. The molecule has 0 aliphatic carbocycles. The Balaban J connectivity index is 2.61. The van der Waals surface area contributed by atoms with E-state index in [4.69, 9.17) is 18.6 Å². The van der Waals surface area contributed by atoms with Gasteiger partial charge in [-0.1, -0.05) is 6.07 Å². The molecule has 1 atom stereocenters. The molecule has 0 bridgehead atoms. The van der Waals surface area contributed by atoms with E-state index >= 15 is 0 Å². The van der Waals surface area contributed by atoms with Crippen molar-refractivity contribution in [2.45, 2.75) is 25.9 Å². The molecule has 0 saturated heterocycles. The summed E-state index contributed by atoms with van der Waals surface area (Å²) in [5, 5.41) is 19.5. The SMILES string of the molecule is CCOC(=O)C[C@@H](c1ccc(OC)c(OC)c1)c1oc(CO)cc(=O)c1O. The van der Waals surface area contributed by atoms with E-state index < -0.39 is 29.7 Å². The van der Waals surface area contributed by atoms with Gasteiger partial charge in [0.15, 0.2) is 17.3 Å². The van der Waals surface area contributed by atoms with Crippen LogP contribution in [0.4, 0.5) is 0 Å². The number of rotatable bonds is 8. The van der Waals surface area contributed by atoms with E-state index in [2.05, 4.69) is 0 Å². The Morgan fingerprint density at radius 3 is 2.48 bits per heavy atom. The Bertz CT molecular complexity index is 855. The number of carbonyl (C=O) groups excluding carboxylic acids is 1. The average molecular weight is 378 g/mol. The Kier molecular flexibility index (Phi) is 6.84. The summed E-state index contributed by atoms with van der Waals surface area (Å²) in [6.45, 7) is 1.33. The third kappa shape index (κ3) is 4.59. The van der Waals surface area contributed by atoms with Gasteiger partial charge < -0.3 is 28.8 Å². The average Bonchev–Trinajstić information content (AvgIpc) is 2.68. The molecule has 8 nitrogen and oxygen atoms in total. The summed E-state index contributed by atoms with van der Waals surface area (Å²) >= 11 is 0. The topological polar surface area (TPSA) is 115 Å². The van der Waals surface area contributed by atoms with Crippen LogP contribution >= 0.6 is 0 Å². The minimum atomic E-state index is -0.831. The number of esters is 1. The third-order valence-electron chi connectivity index (χ3n) is 3.96. The summed E-state index contributed by atoms with van der Waals surface area (Å²) in [7, 11) is 2.95. The van der Waals surface area contributed by atoms with Crippen LogP contribution in [0.5, 0.6) is 17.2 Å². The predicted molar refractivity (Wildman–Crippen MR) is 95.2 cm³/mol. The number of ether oxygens (including phenoxy) is 3. The van der Waals surface area contributed by atoms with E-state index in [1.807, 2.05) is 0 Å². The molecule has 0 fully saturated rings. The minimum Gasteiger partial charge on any atom is -0.502 e. The summed E-state index contributed by atoms with van der Waals surface area (Å²) in [5.74, 6) is -1.27. The van der Waals surface area contributed by atoms with Crippen molar-refractivity contribution in [3.63, 3.8) is 0 Å². The van der Waals surface area contributed by atoms with E-state index in [-0.39, 0.29) is 24.5 Å². The van der Waals surface area contributed by atoms with Gasteiger partial charge in [0.05, 0.1) is 33.2 Å². The Hall–Kier alpha value is -3.00. The third-order valence-corrected chi connectivity index (χ3v) is 3.96. The molecular formula is C19H22O8. The van der Waals surface area contributed by atoms with Gasteiger partial charge in [-0.25, -0.2) is 0 Å². The molecular weight excluding hydrogens is 356 g/mol. The molecule has 0 radical (unpaired) electrons. The normalized spacial score (nSPS) is 11.7. The lowest BCUT2D eigenvalue weighted by Crippen LogP contribution is -2.15. The van der Waals surface area contributed by atoms with Gasteiger partial charge in [-0.15, -0.1) is 0 Å². The fourth-order valence-corrected chi connectivity index (χ4v) is 2.69. The molecule has 2 N–H and O–H groups in total. The molecule has 8 heteroatoms. The van der Waals surface area contributed by atoms with Crippen LogP contribution < -0.4 is 14.9 Å². The number of benzene rings is 1. The van der Waals surface area contributed by atoms with Crippen molar-refractivity contribution >= 4 is 5.97 Å². The molecule has 0 aliphatic heterocycles. The van der Waals surface area contributed by atoms with Crippen molar-refractivity contribution in [3.05, 3.63) is 51.6 Å².